The maximum absolute atomic E-state index is 13.6. The lowest BCUT2D eigenvalue weighted by molar-refractivity contribution is -0.133. The third-order valence-electron chi connectivity index (χ3n) is 5.45. The van der Waals surface area contributed by atoms with Crippen molar-refractivity contribution in [2.24, 2.45) is 0 Å². The van der Waals surface area contributed by atoms with Crippen molar-refractivity contribution in [1.29, 1.82) is 0 Å². The first kappa shape index (κ1) is 21.9. The Kier molecular flexibility index (Phi) is 7.52. The smallest absolute Gasteiger partial charge is 0.222 e. The monoisotopic (exact) mass is 416 g/mol. The molecule has 7 heteroatoms. The molecule has 1 aliphatic heterocycles. The summed E-state index contributed by atoms with van der Waals surface area (Å²) in [6.07, 6.45) is 1.02. The number of nitrogens with zero attached hydrogens (tertiary/aromatic N) is 2. The molecule has 1 fully saturated rings. The van der Waals surface area contributed by atoms with Gasteiger partial charge in [-0.05, 0) is 36.2 Å². The van der Waals surface area contributed by atoms with Crippen molar-refractivity contribution >= 4 is 5.91 Å². The van der Waals surface area contributed by atoms with Gasteiger partial charge in [-0.1, -0.05) is 12.1 Å². The lowest BCUT2D eigenvalue weighted by atomic mass is 10.1. The molecule has 1 saturated heterocycles. The Bertz CT molecular complexity index is 866. The molecule has 1 heterocycles. The number of para-hydroxylation sites is 1. The van der Waals surface area contributed by atoms with E-state index in [-0.39, 0.29) is 11.7 Å². The summed E-state index contributed by atoms with van der Waals surface area (Å²) in [5, 5.41) is 0. The maximum Gasteiger partial charge on any atom is 0.222 e. The van der Waals surface area contributed by atoms with Crippen molar-refractivity contribution in [3.8, 4) is 17.2 Å². The van der Waals surface area contributed by atoms with Crippen LogP contribution in [0.2, 0.25) is 0 Å². The zero-order chi connectivity index (χ0) is 21.5. The predicted octanol–water partition coefficient (Wildman–Crippen LogP) is 3.13. The van der Waals surface area contributed by atoms with Crippen LogP contribution in [0.1, 0.15) is 17.5 Å². The lowest BCUT2D eigenvalue weighted by Crippen LogP contribution is -2.48. The van der Waals surface area contributed by atoms with Crippen LogP contribution in [-0.2, 0) is 17.8 Å². The number of rotatable bonds is 8. The van der Waals surface area contributed by atoms with E-state index in [2.05, 4.69) is 4.90 Å². The summed E-state index contributed by atoms with van der Waals surface area (Å²) in [5.41, 5.74) is 1.78. The molecule has 162 valence electrons. The number of hydrogen-bond donors (Lipinski definition) is 0. The van der Waals surface area contributed by atoms with Crippen LogP contribution in [0.3, 0.4) is 0 Å². The van der Waals surface area contributed by atoms with E-state index in [9.17, 15) is 9.18 Å². The molecule has 30 heavy (non-hydrogen) atoms. The molecule has 0 bridgehead atoms. The number of carbonyl (C=O) groups is 1. The van der Waals surface area contributed by atoms with E-state index in [0.29, 0.717) is 49.7 Å². The van der Waals surface area contributed by atoms with E-state index in [1.54, 1.807) is 27.4 Å². The van der Waals surface area contributed by atoms with Crippen LogP contribution in [0, 0.1) is 5.82 Å². The highest BCUT2D eigenvalue weighted by molar-refractivity contribution is 5.76. The largest absolute Gasteiger partial charge is 0.496 e. The number of benzene rings is 2. The van der Waals surface area contributed by atoms with Gasteiger partial charge in [-0.3, -0.25) is 9.69 Å². The SMILES string of the molecule is COc1ccc(F)cc1CN1CCN(C(=O)CCc2cccc(OC)c2OC)CC1. The molecule has 2 aromatic carbocycles. The molecule has 3 rings (SSSR count). The molecule has 0 aliphatic carbocycles. The van der Waals surface area contributed by atoms with Gasteiger partial charge in [0.05, 0.1) is 21.3 Å². The highest BCUT2D eigenvalue weighted by Crippen LogP contribution is 2.31. The Hall–Kier alpha value is -2.80. The molecule has 0 radical (unpaired) electrons. The van der Waals surface area contributed by atoms with Crippen LogP contribution in [-0.4, -0.2) is 63.2 Å². The average molecular weight is 416 g/mol. The van der Waals surface area contributed by atoms with Crippen LogP contribution >= 0.6 is 0 Å². The molecule has 0 N–H and O–H groups in total. The van der Waals surface area contributed by atoms with E-state index >= 15 is 0 Å². The predicted molar refractivity (Wildman–Crippen MR) is 113 cm³/mol. The number of aryl methyl sites for hydroxylation is 1. The number of hydrogen-bond acceptors (Lipinski definition) is 5. The molecule has 1 amide bonds. The first-order valence-corrected chi connectivity index (χ1v) is 10.1. The van der Waals surface area contributed by atoms with Crippen LogP contribution in [0.5, 0.6) is 17.2 Å². The number of halogens is 1. The molecule has 2 aromatic rings. The highest BCUT2D eigenvalue weighted by Gasteiger charge is 2.22. The van der Waals surface area contributed by atoms with Crippen molar-refractivity contribution in [2.45, 2.75) is 19.4 Å². The Morgan fingerprint density at radius 2 is 1.67 bits per heavy atom. The fourth-order valence-corrected chi connectivity index (χ4v) is 3.82. The topological polar surface area (TPSA) is 51.2 Å². The van der Waals surface area contributed by atoms with Gasteiger partial charge < -0.3 is 19.1 Å². The van der Waals surface area contributed by atoms with Gasteiger partial charge in [0.15, 0.2) is 11.5 Å². The van der Waals surface area contributed by atoms with Gasteiger partial charge in [-0.25, -0.2) is 4.39 Å². The third kappa shape index (κ3) is 5.21. The van der Waals surface area contributed by atoms with Crippen molar-refractivity contribution in [2.75, 3.05) is 47.5 Å². The Labute approximate surface area is 177 Å². The molecule has 0 unspecified atom stereocenters. The zero-order valence-electron chi connectivity index (χ0n) is 17.8. The second-order valence-electron chi connectivity index (χ2n) is 7.27. The standard InChI is InChI=1S/C23H29FN2O4/c1-28-20-9-8-19(24)15-18(20)16-25-11-13-26(14-12-25)22(27)10-7-17-5-4-6-21(29-2)23(17)30-3/h4-6,8-9,15H,7,10-14,16H2,1-3H3. The van der Waals surface area contributed by atoms with Gasteiger partial charge in [-0.15, -0.1) is 0 Å². The molecule has 0 saturated carbocycles. The van der Waals surface area contributed by atoms with E-state index < -0.39 is 0 Å². The fourth-order valence-electron chi connectivity index (χ4n) is 3.82. The normalized spacial score (nSPS) is 14.5. The molecule has 0 spiro atoms. The fraction of sp³-hybridized carbons (Fsp3) is 0.435. The second-order valence-corrected chi connectivity index (χ2v) is 7.27. The second kappa shape index (κ2) is 10.3. The summed E-state index contributed by atoms with van der Waals surface area (Å²) in [5.74, 6) is 1.89. The van der Waals surface area contributed by atoms with Crippen LogP contribution in [0.4, 0.5) is 4.39 Å². The summed E-state index contributed by atoms with van der Waals surface area (Å²) in [4.78, 5) is 16.8. The molecule has 0 aromatic heterocycles. The average Bonchev–Trinajstić information content (AvgIpc) is 2.77. The van der Waals surface area contributed by atoms with E-state index in [4.69, 9.17) is 14.2 Å². The van der Waals surface area contributed by atoms with E-state index in [1.807, 2.05) is 23.1 Å². The minimum absolute atomic E-state index is 0.128. The summed E-state index contributed by atoms with van der Waals surface area (Å²) in [6.45, 7) is 3.41. The Morgan fingerprint density at radius 3 is 2.33 bits per heavy atom. The van der Waals surface area contributed by atoms with Gasteiger partial charge in [-0.2, -0.15) is 0 Å². The number of amides is 1. The number of piperazine rings is 1. The molecular formula is C23H29FN2O4. The minimum Gasteiger partial charge on any atom is -0.496 e. The van der Waals surface area contributed by atoms with Crippen LogP contribution in [0.15, 0.2) is 36.4 Å². The van der Waals surface area contributed by atoms with E-state index in [1.165, 1.54) is 12.1 Å². The summed E-state index contributed by atoms with van der Waals surface area (Å²) >= 11 is 0. The van der Waals surface area contributed by atoms with Gasteiger partial charge >= 0.3 is 0 Å². The van der Waals surface area contributed by atoms with Gasteiger partial charge in [0.1, 0.15) is 11.6 Å². The van der Waals surface area contributed by atoms with Crippen LogP contribution < -0.4 is 14.2 Å². The van der Waals surface area contributed by atoms with Crippen molar-refractivity contribution in [3.05, 3.63) is 53.3 Å². The van der Waals surface area contributed by atoms with Crippen molar-refractivity contribution < 1.29 is 23.4 Å². The highest BCUT2D eigenvalue weighted by atomic mass is 19.1. The first-order valence-electron chi connectivity index (χ1n) is 10.1. The molecule has 0 atom stereocenters. The molecule has 6 nitrogen and oxygen atoms in total. The Balaban J connectivity index is 1.52. The van der Waals surface area contributed by atoms with Gasteiger partial charge in [0, 0.05) is 44.7 Å². The van der Waals surface area contributed by atoms with Gasteiger partial charge in [0.25, 0.3) is 0 Å². The molecular weight excluding hydrogens is 387 g/mol. The summed E-state index contributed by atoms with van der Waals surface area (Å²) < 4.78 is 29.7. The lowest BCUT2D eigenvalue weighted by Gasteiger charge is -2.35. The van der Waals surface area contributed by atoms with Crippen LogP contribution in [0.25, 0.3) is 0 Å². The zero-order valence-corrected chi connectivity index (χ0v) is 17.8. The van der Waals surface area contributed by atoms with Crippen molar-refractivity contribution in [3.63, 3.8) is 0 Å². The maximum atomic E-state index is 13.6. The van der Waals surface area contributed by atoms with Crippen molar-refractivity contribution in [1.82, 2.24) is 9.80 Å². The minimum atomic E-state index is -0.271. The summed E-state index contributed by atoms with van der Waals surface area (Å²) in [7, 11) is 4.80. The van der Waals surface area contributed by atoms with Gasteiger partial charge in [0.2, 0.25) is 5.91 Å². The third-order valence-corrected chi connectivity index (χ3v) is 5.45. The number of carbonyl (C=O) groups excluding carboxylic acids is 1. The quantitative estimate of drug-likeness (QED) is 0.662. The number of ether oxygens (including phenoxy) is 3. The Morgan fingerprint density at radius 1 is 0.933 bits per heavy atom. The number of methoxy groups -OCH3 is 3. The summed E-state index contributed by atoms with van der Waals surface area (Å²) in [6, 6.07) is 10.3. The first-order chi connectivity index (χ1) is 14.5. The van der Waals surface area contributed by atoms with E-state index in [0.717, 1.165) is 24.2 Å². The molecule has 1 aliphatic rings.